The van der Waals surface area contributed by atoms with Gasteiger partial charge in [-0.2, -0.15) is 0 Å². The standard InChI is InChI=1S/C18H23N3O4/c1-5-24-18(23)21(4)15-9-7-14(8-10-15)20-17(22)19-13(3)16-11-6-12(2)25-16/h6-11,13H,5H2,1-4H3,(H2,19,20,22). The predicted octanol–water partition coefficient (Wildman–Crippen LogP) is 4.06. The number of urea groups is 1. The Hall–Kier alpha value is -2.96. The number of hydrogen-bond acceptors (Lipinski definition) is 4. The first-order valence-electron chi connectivity index (χ1n) is 8.05. The van der Waals surface area contributed by atoms with Crippen molar-refractivity contribution >= 4 is 23.5 Å². The highest BCUT2D eigenvalue weighted by molar-refractivity contribution is 5.91. The SMILES string of the molecule is CCOC(=O)N(C)c1ccc(NC(=O)NC(C)c2ccc(C)o2)cc1. The lowest BCUT2D eigenvalue weighted by Crippen LogP contribution is -2.31. The van der Waals surface area contributed by atoms with Crippen LogP contribution in [0.25, 0.3) is 0 Å². The van der Waals surface area contributed by atoms with E-state index >= 15 is 0 Å². The Kier molecular flexibility index (Phi) is 6.05. The second kappa shape index (κ2) is 8.23. The molecule has 1 atom stereocenters. The zero-order valence-electron chi connectivity index (χ0n) is 14.8. The molecule has 2 aromatic rings. The van der Waals surface area contributed by atoms with Crippen LogP contribution < -0.4 is 15.5 Å². The number of nitrogens with zero attached hydrogens (tertiary/aromatic N) is 1. The van der Waals surface area contributed by atoms with Gasteiger partial charge >= 0.3 is 12.1 Å². The molecule has 0 spiro atoms. The molecule has 0 saturated carbocycles. The Balaban J connectivity index is 1.92. The molecule has 2 N–H and O–H groups in total. The van der Waals surface area contributed by atoms with E-state index in [0.717, 1.165) is 5.76 Å². The van der Waals surface area contributed by atoms with Gasteiger partial charge in [0.05, 0.1) is 12.6 Å². The first kappa shape index (κ1) is 18.4. The highest BCUT2D eigenvalue weighted by atomic mass is 16.6. The maximum Gasteiger partial charge on any atom is 0.413 e. The van der Waals surface area contributed by atoms with E-state index in [-0.39, 0.29) is 12.1 Å². The summed E-state index contributed by atoms with van der Waals surface area (Å²) in [7, 11) is 1.63. The Labute approximate surface area is 146 Å². The quantitative estimate of drug-likeness (QED) is 0.856. The minimum absolute atomic E-state index is 0.247. The minimum Gasteiger partial charge on any atom is -0.464 e. The van der Waals surface area contributed by atoms with E-state index in [1.807, 2.05) is 26.0 Å². The number of anilines is 2. The summed E-state index contributed by atoms with van der Waals surface area (Å²) in [5, 5.41) is 5.55. The normalized spacial score (nSPS) is 11.5. The van der Waals surface area contributed by atoms with Crippen LogP contribution in [0.5, 0.6) is 0 Å². The molecule has 0 aliphatic heterocycles. The molecule has 0 aliphatic carbocycles. The van der Waals surface area contributed by atoms with Gasteiger partial charge in [-0.05, 0) is 57.2 Å². The number of hydrogen-bond donors (Lipinski definition) is 2. The Morgan fingerprint density at radius 3 is 2.44 bits per heavy atom. The summed E-state index contributed by atoms with van der Waals surface area (Å²) in [5.41, 5.74) is 1.28. The summed E-state index contributed by atoms with van der Waals surface area (Å²) in [4.78, 5) is 25.1. The van der Waals surface area contributed by atoms with Gasteiger partial charge in [0, 0.05) is 18.4 Å². The fourth-order valence-corrected chi connectivity index (χ4v) is 2.22. The zero-order valence-corrected chi connectivity index (χ0v) is 14.8. The maximum absolute atomic E-state index is 12.1. The Bertz CT molecular complexity index is 724. The van der Waals surface area contributed by atoms with Crippen LogP contribution in [0.1, 0.15) is 31.4 Å². The van der Waals surface area contributed by atoms with E-state index in [1.165, 1.54) is 4.90 Å². The third-order valence-corrected chi connectivity index (χ3v) is 3.59. The molecule has 7 nitrogen and oxygen atoms in total. The molecule has 0 fully saturated rings. The average Bonchev–Trinajstić information content (AvgIpc) is 3.01. The average molecular weight is 345 g/mol. The van der Waals surface area contributed by atoms with Crippen molar-refractivity contribution < 1.29 is 18.7 Å². The van der Waals surface area contributed by atoms with Crippen molar-refractivity contribution in [2.45, 2.75) is 26.8 Å². The Morgan fingerprint density at radius 2 is 1.88 bits per heavy atom. The van der Waals surface area contributed by atoms with Gasteiger partial charge in [-0.1, -0.05) is 0 Å². The van der Waals surface area contributed by atoms with Crippen LogP contribution in [0, 0.1) is 6.92 Å². The van der Waals surface area contributed by atoms with Crippen molar-refractivity contribution in [2.24, 2.45) is 0 Å². The van der Waals surface area contributed by atoms with Gasteiger partial charge in [0.15, 0.2) is 0 Å². The van der Waals surface area contributed by atoms with E-state index in [0.29, 0.717) is 23.7 Å². The number of aryl methyl sites for hydroxylation is 1. The summed E-state index contributed by atoms with van der Waals surface area (Å²) in [6.45, 7) is 5.76. The van der Waals surface area contributed by atoms with Crippen LogP contribution in [0.4, 0.5) is 21.0 Å². The minimum atomic E-state index is -0.427. The molecular weight excluding hydrogens is 322 g/mol. The highest BCUT2D eigenvalue weighted by Crippen LogP contribution is 2.19. The van der Waals surface area contributed by atoms with Crippen LogP contribution in [-0.2, 0) is 4.74 Å². The number of carbonyl (C=O) groups excluding carboxylic acids is 2. The van der Waals surface area contributed by atoms with Gasteiger partial charge in [-0.3, -0.25) is 4.90 Å². The van der Waals surface area contributed by atoms with E-state index in [4.69, 9.17) is 9.15 Å². The summed E-state index contributed by atoms with van der Waals surface area (Å²) in [5.74, 6) is 1.49. The van der Waals surface area contributed by atoms with Crippen molar-refractivity contribution in [3.8, 4) is 0 Å². The highest BCUT2D eigenvalue weighted by Gasteiger charge is 2.14. The molecule has 1 unspecified atom stereocenters. The lowest BCUT2D eigenvalue weighted by atomic mass is 10.2. The largest absolute Gasteiger partial charge is 0.464 e. The van der Waals surface area contributed by atoms with Crippen LogP contribution >= 0.6 is 0 Å². The number of amides is 3. The Morgan fingerprint density at radius 1 is 1.20 bits per heavy atom. The van der Waals surface area contributed by atoms with E-state index in [9.17, 15) is 9.59 Å². The summed E-state index contributed by atoms with van der Waals surface area (Å²) >= 11 is 0. The first-order valence-corrected chi connectivity index (χ1v) is 8.05. The number of benzene rings is 1. The molecule has 1 heterocycles. The van der Waals surface area contributed by atoms with Crippen molar-refractivity contribution in [2.75, 3.05) is 23.9 Å². The molecule has 0 radical (unpaired) electrons. The van der Waals surface area contributed by atoms with Crippen molar-refractivity contribution in [3.63, 3.8) is 0 Å². The number of rotatable bonds is 5. The fourth-order valence-electron chi connectivity index (χ4n) is 2.22. The third kappa shape index (κ3) is 5.00. The molecule has 134 valence electrons. The molecule has 0 bridgehead atoms. The second-order valence-corrected chi connectivity index (χ2v) is 5.57. The van der Waals surface area contributed by atoms with Crippen molar-refractivity contribution in [1.29, 1.82) is 0 Å². The van der Waals surface area contributed by atoms with Gasteiger partial charge in [0.2, 0.25) is 0 Å². The van der Waals surface area contributed by atoms with Crippen molar-refractivity contribution in [3.05, 3.63) is 47.9 Å². The molecule has 7 heteroatoms. The van der Waals surface area contributed by atoms with E-state index < -0.39 is 6.09 Å². The first-order chi connectivity index (χ1) is 11.9. The maximum atomic E-state index is 12.1. The van der Waals surface area contributed by atoms with Crippen LogP contribution in [0.2, 0.25) is 0 Å². The molecule has 0 aliphatic rings. The number of ether oxygens (including phenoxy) is 1. The molecule has 3 amide bonds. The van der Waals surface area contributed by atoms with E-state index in [1.54, 1.807) is 38.2 Å². The van der Waals surface area contributed by atoms with Crippen LogP contribution in [0.3, 0.4) is 0 Å². The van der Waals surface area contributed by atoms with Gasteiger partial charge < -0.3 is 19.8 Å². The van der Waals surface area contributed by atoms with E-state index in [2.05, 4.69) is 10.6 Å². The summed E-state index contributed by atoms with van der Waals surface area (Å²) in [6.07, 6.45) is -0.427. The van der Waals surface area contributed by atoms with Gasteiger partial charge in [0.25, 0.3) is 0 Å². The molecular formula is C18H23N3O4. The lowest BCUT2D eigenvalue weighted by Gasteiger charge is -2.17. The fraction of sp³-hybridized carbons (Fsp3) is 0.333. The monoisotopic (exact) mass is 345 g/mol. The second-order valence-electron chi connectivity index (χ2n) is 5.57. The van der Waals surface area contributed by atoms with Crippen molar-refractivity contribution in [1.82, 2.24) is 5.32 Å². The predicted molar refractivity (Wildman–Crippen MR) is 95.9 cm³/mol. The molecule has 0 saturated heterocycles. The zero-order chi connectivity index (χ0) is 18.4. The number of carbonyl (C=O) groups is 2. The van der Waals surface area contributed by atoms with Gasteiger partial charge in [-0.15, -0.1) is 0 Å². The molecule has 25 heavy (non-hydrogen) atoms. The topological polar surface area (TPSA) is 83.8 Å². The van der Waals surface area contributed by atoms with Gasteiger partial charge in [-0.25, -0.2) is 9.59 Å². The lowest BCUT2D eigenvalue weighted by molar-refractivity contribution is 0.161. The number of furan rings is 1. The molecule has 2 rings (SSSR count). The summed E-state index contributed by atoms with van der Waals surface area (Å²) < 4.78 is 10.4. The smallest absolute Gasteiger partial charge is 0.413 e. The van der Waals surface area contributed by atoms with Gasteiger partial charge in [0.1, 0.15) is 11.5 Å². The summed E-state index contributed by atoms with van der Waals surface area (Å²) in [6, 6.07) is 9.98. The molecule has 1 aromatic heterocycles. The van der Waals surface area contributed by atoms with Crippen LogP contribution in [0.15, 0.2) is 40.8 Å². The number of nitrogens with one attached hydrogen (secondary N) is 2. The van der Waals surface area contributed by atoms with Crippen LogP contribution in [-0.4, -0.2) is 25.8 Å². The molecule has 1 aromatic carbocycles. The third-order valence-electron chi connectivity index (χ3n) is 3.59.